The van der Waals surface area contributed by atoms with Crippen molar-refractivity contribution in [1.82, 2.24) is 4.90 Å². The zero-order valence-electron chi connectivity index (χ0n) is 11.7. The molecule has 3 rings (SSSR count). The van der Waals surface area contributed by atoms with Crippen molar-refractivity contribution in [1.29, 1.82) is 0 Å². The van der Waals surface area contributed by atoms with Crippen LogP contribution in [0.25, 0.3) is 0 Å². The molecule has 0 radical (unpaired) electrons. The summed E-state index contributed by atoms with van der Waals surface area (Å²) in [7, 11) is 0. The first kappa shape index (κ1) is 12.4. The molecule has 3 aliphatic rings. The van der Waals surface area contributed by atoms with Gasteiger partial charge in [-0.2, -0.15) is 0 Å². The van der Waals surface area contributed by atoms with Crippen molar-refractivity contribution in [3.05, 3.63) is 12.5 Å². The molecule has 1 aliphatic heterocycles. The van der Waals surface area contributed by atoms with Gasteiger partial charge in [0.15, 0.2) is 5.88 Å². The monoisotopic (exact) mass is 249 g/mol. The van der Waals surface area contributed by atoms with Gasteiger partial charge >= 0.3 is 0 Å². The molecule has 0 N–H and O–H groups in total. The van der Waals surface area contributed by atoms with Crippen LogP contribution in [0.5, 0.6) is 0 Å². The van der Waals surface area contributed by atoms with Crippen molar-refractivity contribution >= 4 is 0 Å². The zero-order valence-corrected chi connectivity index (χ0v) is 11.7. The second-order valence-corrected chi connectivity index (χ2v) is 6.37. The summed E-state index contributed by atoms with van der Waals surface area (Å²) < 4.78 is 5.94. The van der Waals surface area contributed by atoms with Gasteiger partial charge in [0.2, 0.25) is 0 Å². The van der Waals surface area contributed by atoms with Crippen LogP contribution in [0, 0.1) is 11.8 Å². The summed E-state index contributed by atoms with van der Waals surface area (Å²) in [5, 5.41) is 0. The molecule has 2 saturated carbocycles. The van der Waals surface area contributed by atoms with E-state index in [4.69, 9.17) is 4.74 Å². The van der Waals surface area contributed by atoms with E-state index in [0.717, 1.165) is 24.3 Å². The summed E-state index contributed by atoms with van der Waals surface area (Å²) in [5.74, 6) is 2.89. The number of fused-ring (bicyclic) bond motifs is 1. The molecule has 0 aromatic carbocycles. The summed E-state index contributed by atoms with van der Waals surface area (Å²) in [6.45, 7) is 7.35. The van der Waals surface area contributed by atoms with Crippen LogP contribution in [-0.4, -0.2) is 23.6 Å². The number of nitrogens with zero attached hydrogens (tertiary/aromatic N) is 1. The van der Waals surface area contributed by atoms with Gasteiger partial charge in [-0.1, -0.05) is 32.1 Å². The number of hydrogen-bond acceptors (Lipinski definition) is 2. The highest BCUT2D eigenvalue weighted by molar-refractivity contribution is 5.03. The summed E-state index contributed by atoms with van der Waals surface area (Å²) in [5.41, 5.74) is 0. The second-order valence-electron chi connectivity index (χ2n) is 6.37. The molecule has 1 saturated heterocycles. The highest BCUT2D eigenvalue weighted by Gasteiger charge is 2.43. The maximum atomic E-state index is 5.94. The van der Waals surface area contributed by atoms with Crippen molar-refractivity contribution in [2.75, 3.05) is 6.54 Å². The Balaban J connectivity index is 1.65. The maximum absolute atomic E-state index is 5.94. The van der Waals surface area contributed by atoms with Gasteiger partial charge in [0.05, 0.1) is 6.04 Å². The third-order valence-electron chi connectivity index (χ3n) is 5.46. The molecule has 18 heavy (non-hydrogen) atoms. The van der Waals surface area contributed by atoms with E-state index in [0.29, 0.717) is 12.1 Å². The molecule has 0 amide bonds. The standard InChI is InChI=1S/C16H27NO/c1-3-17-12(2)18-16-10-9-14(11-15(16)17)13-7-5-4-6-8-13/h13-16H,2-11H2,1H3. The predicted octanol–water partition coefficient (Wildman–Crippen LogP) is 3.93. The Hall–Kier alpha value is -0.660. The van der Waals surface area contributed by atoms with Crippen molar-refractivity contribution in [3.63, 3.8) is 0 Å². The van der Waals surface area contributed by atoms with Crippen molar-refractivity contribution in [2.45, 2.75) is 70.4 Å². The lowest BCUT2D eigenvalue weighted by Crippen LogP contribution is -2.41. The van der Waals surface area contributed by atoms with Crippen LogP contribution in [0.1, 0.15) is 58.3 Å². The van der Waals surface area contributed by atoms with E-state index >= 15 is 0 Å². The second kappa shape index (κ2) is 5.14. The molecule has 1 heterocycles. The summed E-state index contributed by atoms with van der Waals surface area (Å²) in [6, 6.07) is 0.628. The Morgan fingerprint density at radius 2 is 1.89 bits per heavy atom. The molecule has 102 valence electrons. The fourth-order valence-corrected chi connectivity index (χ4v) is 4.49. The maximum Gasteiger partial charge on any atom is 0.182 e. The smallest absolute Gasteiger partial charge is 0.182 e. The highest BCUT2D eigenvalue weighted by Crippen LogP contribution is 2.43. The van der Waals surface area contributed by atoms with E-state index in [-0.39, 0.29) is 0 Å². The predicted molar refractivity (Wildman–Crippen MR) is 74.1 cm³/mol. The lowest BCUT2D eigenvalue weighted by molar-refractivity contribution is 0.0738. The number of likely N-dealkylation sites (N-methyl/N-ethyl adjacent to an activating group) is 1. The Labute approximate surface area is 111 Å². The average molecular weight is 249 g/mol. The van der Waals surface area contributed by atoms with E-state index in [1.807, 2.05) is 0 Å². The van der Waals surface area contributed by atoms with Gasteiger partial charge in [-0.15, -0.1) is 0 Å². The van der Waals surface area contributed by atoms with Crippen LogP contribution >= 0.6 is 0 Å². The Morgan fingerprint density at radius 3 is 2.61 bits per heavy atom. The molecule has 2 nitrogen and oxygen atoms in total. The fraction of sp³-hybridized carbons (Fsp3) is 0.875. The normalized spacial score (nSPS) is 37.5. The van der Waals surface area contributed by atoms with E-state index in [1.54, 1.807) is 0 Å². The molecule has 3 unspecified atom stereocenters. The minimum atomic E-state index is 0.442. The quantitative estimate of drug-likeness (QED) is 0.735. The first-order valence-electron chi connectivity index (χ1n) is 7.91. The highest BCUT2D eigenvalue weighted by atomic mass is 16.5. The van der Waals surface area contributed by atoms with E-state index in [2.05, 4.69) is 18.4 Å². The van der Waals surface area contributed by atoms with Crippen LogP contribution in [0.3, 0.4) is 0 Å². The minimum Gasteiger partial charge on any atom is -0.474 e. The van der Waals surface area contributed by atoms with Crippen molar-refractivity contribution < 1.29 is 4.74 Å². The third kappa shape index (κ3) is 2.15. The van der Waals surface area contributed by atoms with Gasteiger partial charge < -0.3 is 9.64 Å². The lowest BCUT2D eigenvalue weighted by atomic mass is 9.71. The Kier molecular flexibility index (Phi) is 3.54. The van der Waals surface area contributed by atoms with Crippen LogP contribution < -0.4 is 0 Å². The zero-order chi connectivity index (χ0) is 12.5. The number of hydrogen-bond donors (Lipinski definition) is 0. The molecule has 2 aliphatic carbocycles. The SMILES string of the molecule is C=C1OC2CCC(C3CCCCC3)CC2N1CC. The average Bonchev–Trinajstić information content (AvgIpc) is 2.74. The molecule has 0 spiro atoms. The van der Waals surface area contributed by atoms with Crippen LogP contribution in [0.2, 0.25) is 0 Å². The summed E-state index contributed by atoms with van der Waals surface area (Å²) in [4.78, 5) is 2.40. The summed E-state index contributed by atoms with van der Waals surface area (Å²) in [6.07, 6.45) is 11.8. The molecule has 0 bridgehead atoms. The van der Waals surface area contributed by atoms with Gasteiger partial charge in [0, 0.05) is 6.54 Å². The molecule has 0 aromatic heterocycles. The minimum absolute atomic E-state index is 0.442. The lowest BCUT2D eigenvalue weighted by Gasteiger charge is -2.38. The van der Waals surface area contributed by atoms with Crippen molar-refractivity contribution in [3.8, 4) is 0 Å². The first-order chi connectivity index (χ1) is 8.79. The van der Waals surface area contributed by atoms with Crippen LogP contribution in [-0.2, 0) is 4.74 Å². The van der Waals surface area contributed by atoms with Gasteiger partial charge in [0.25, 0.3) is 0 Å². The molecule has 3 atom stereocenters. The van der Waals surface area contributed by atoms with Gasteiger partial charge in [-0.3, -0.25) is 0 Å². The topological polar surface area (TPSA) is 12.5 Å². The Bertz CT molecular complexity index is 308. The molecule has 3 fully saturated rings. The molecular weight excluding hydrogens is 222 g/mol. The molecular formula is C16H27NO. The van der Waals surface area contributed by atoms with Crippen molar-refractivity contribution in [2.24, 2.45) is 11.8 Å². The fourth-order valence-electron chi connectivity index (χ4n) is 4.49. The van der Waals surface area contributed by atoms with E-state index in [1.165, 1.54) is 51.4 Å². The number of rotatable bonds is 2. The van der Waals surface area contributed by atoms with E-state index < -0.39 is 0 Å². The van der Waals surface area contributed by atoms with Gasteiger partial charge in [-0.05, 0) is 44.6 Å². The third-order valence-corrected chi connectivity index (χ3v) is 5.46. The van der Waals surface area contributed by atoms with E-state index in [9.17, 15) is 0 Å². The first-order valence-corrected chi connectivity index (χ1v) is 7.91. The van der Waals surface area contributed by atoms with Gasteiger partial charge in [0.1, 0.15) is 6.10 Å². The summed E-state index contributed by atoms with van der Waals surface area (Å²) >= 11 is 0. The molecule has 0 aromatic rings. The van der Waals surface area contributed by atoms with Crippen LogP contribution in [0.4, 0.5) is 0 Å². The van der Waals surface area contributed by atoms with Crippen LogP contribution in [0.15, 0.2) is 12.5 Å². The molecule has 2 heteroatoms. The largest absolute Gasteiger partial charge is 0.474 e. The van der Waals surface area contributed by atoms with Gasteiger partial charge in [-0.25, -0.2) is 0 Å². The Morgan fingerprint density at radius 1 is 1.11 bits per heavy atom. The number of ether oxygens (including phenoxy) is 1.